The van der Waals surface area contributed by atoms with Crippen LogP contribution >= 0.6 is 12.6 Å². The molecule has 36 heavy (non-hydrogen) atoms. The quantitative estimate of drug-likeness (QED) is 0.419. The lowest BCUT2D eigenvalue weighted by Gasteiger charge is -2.37. The molecule has 0 aliphatic heterocycles. The van der Waals surface area contributed by atoms with Gasteiger partial charge >= 0.3 is 6.09 Å². The molecule has 0 radical (unpaired) electrons. The minimum absolute atomic E-state index is 0.0296. The minimum Gasteiger partial charge on any atom is -0.497 e. The van der Waals surface area contributed by atoms with Crippen molar-refractivity contribution in [1.82, 2.24) is 10.2 Å². The van der Waals surface area contributed by atoms with Crippen LogP contribution in [-0.4, -0.2) is 53.4 Å². The highest BCUT2D eigenvalue weighted by molar-refractivity contribution is 7.80. The van der Waals surface area contributed by atoms with Crippen molar-refractivity contribution in [1.29, 1.82) is 0 Å². The molecule has 0 saturated heterocycles. The van der Waals surface area contributed by atoms with Gasteiger partial charge in [-0.2, -0.15) is 12.6 Å². The number of ether oxygens (including phenoxy) is 2. The Bertz CT molecular complexity index is 1050. The van der Waals surface area contributed by atoms with Crippen LogP contribution in [0.5, 0.6) is 5.75 Å². The van der Waals surface area contributed by atoms with E-state index in [1.165, 1.54) is 4.90 Å². The van der Waals surface area contributed by atoms with Crippen LogP contribution in [0.15, 0.2) is 48.5 Å². The summed E-state index contributed by atoms with van der Waals surface area (Å²) in [6, 6.07) is 12.0. The number of benzene rings is 2. The lowest BCUT2D eigenvalue weighted by molar-refractivity contribution is -0.142. The number of hydrogen-bond acceptors (Lipinski definition) is 6. The maximum Gasteiger partial charge on any atom is 0.408 e. The highest BCUT2D eigenvalue weighted by Gasteiger charge is 2.38. The lowest BCUT2D eigenvalue weighted by atomic mass is 9.97. The molecule has 0 aromatic heterocycles. The van der Waals surface area contributed by atoms with E-state index in [0.29, 0.717) is 17.0 Å². The molecule has 8 nitrogen and oxygen atoms in total. The number of nitrogens with zero attached hydrogens (tertiary/aromatic N) is 1. The van der Waals surface area contributed by atoms with Gasteiger partial charge in [0.25, 0.3) is 5.91 Å². The SMILES string of the molecule is COc1ccc(NC(=O)C(c2ccccc2C)N(C(=O)C(CS)NC(=O)OC(C)(C)C)C(C)C)cc1. The minimum atomic E-state index is -0.995. The zero-order valence-corrected chi connectivity index (χ0v) is 22.9. The van der Waals surface area contributed by atoms with Crippen LogP contribution in [0.1, 0.15) is 51.8 Å². The molecule has 2 aromatic carbocycles. The number of thiol groups is 1. The van der Waals surface area contributed by atoms with Crippen LogP contribution in [0.2, 0.25) is 0 Å². The Hall–Kier alpha value is -3.20. The average molecular weight is 516 g/mol. The van der Waals surface area contributed by atoms with Gasteiger partial charge in [0.2, 0.25) is 5.91 Å². The van der Waals surface area contributed by atoms with Crippen molar-refractivity contribution >= 4 is 36.2 Å². The van der Waals surface area contributed by atoms with Crippen LogP contribution in [0, 0.1) is 6.92 Å². The summed E-state index contributed by atoms with van der Waals surface area (Å²) >= 11 is 4.30. The van der Waals surface area contributed by atoms with Crippen molar-refractivity contribution in [2.24, 2.45) is 0 Å². The first kappa shape index (κ1) is 29.0. The highest BCUT2D eigenvalue weighted by Crippen LogP contribution is 2.29. The van der Waals surface area contributed by atoms with E-state index in [1.54, 1.807) is 52.1 Å². The third-order valence-corrected chi connectivity index (χ3v) is 5.71. The number of hydrogen-bond donors (Lipinski definition) is 3. The average Bonchev–Trinajstić information content (AvgIpc) is 2.80. The first-order valence-electron chi connectivity index (χ1n) is 11.8. The number of anilines is 1. The number of alkyl carbamates (subject to hydrolysis) is 1. The summed E-state index contributed by atoms with van der Waals surface area (Å²) in [5, 5.41) is 5.52. The van der Waals surface area contributed by atoms with Crippen molar-refractivity contribution in [2.75, 3.05) is 18.2 Å². The largest absolute Gasteiger partial charge is 0.497 e. The Morgan fingerprint density at radius 2 is 1.64 bits per heavy atom. The van der Waals surface area contributed by atoms with Gasteiger partial charge in [-0.25, -0.2) is 4.79 Å². The summed E-state index contributed by atoms with van der Waals surface area (Å²) in [5.74, 6) is -0.134. The summed E-state index contributed by atoms with van der Waals surface area (Å²) in [6.45, 7) is 10.8. The number of carbonyl (C=O) groups is 3. The number of carbonyl (C=O) groups excluding carboxylic acids is 3. The van der Waals surface area contributed by atoms with E-state index in [2.05, 4.69) is 23.3 Å². The predicted molar refractivity (Wildman–Crippen MR) is 145 cm³/mol. The van der Waals surface area contributed by atoms with E-state index >= 15 is 0 Å². The molecule has 9 heteroatoms. The fourth-order valence-corrected chi connectivity index (χ4v) is 3.94. The smallest absolute Gasteiger partial charge is 0.408 e. The Balaban J connectivity index is 2.45. The molecule has 0 bridgehead atoms. The number of amides is 3. The third kappa shape index (κ3) is 7.91. The molecule has 2 aromatic rings. The summed E-state index contributed by atoms with van der Waals surface area (Å²) < 4.78 is 10.5. The fourth-order valence-electron chi connectivity index (χ4n) is 3.69. The van der Waals surface area contributed by atoms with Gasteiger partial charge < -0.3 is 25.0 Å². The third-order valence-electron chi connectivity index (χ3n) is 5.35. The molecule has 0 heterocycles. The molecule has 0 aliphatic rings. The molecule has 0 fully saturated rings. The number of nitrogens with one attached hydrogen (secondary N) is 2. The molecule has 0 saturated carbocycles. The molecule has 2 unspecified atom stereocenters. The van der Waals surface area contributed by atoms with Crippen LogP contribution in [0.3, 0.4) is 0 Å². The maximum absolute atomic E-state index is 13.8. The summed E-state index contributed by atoms with van der Waals surface area (Å²) in [6.07, 6.45) is -0.728. The second-order valence-electron chi connectivity index (χ2n) is 9.70. The van der Waals surface area contributed by atoms with Gasteiger partial charge in [-0.15, -0.1) is 0 Å². The second kappa shape index (κ2) is 12.7. The Morgan fingerprint density at radius 3 is 2.14 bits per heavy atom. The van der Waals surface area contributed by atoms with Gasteiger partial charge in [-0.3, -0.25) is 9.59 Å². The van der Waals surface area contributed by atoms with Crippen LogP contribution in [-0.2, 0) is 14.3 Å². The van der Waals surface area contributed by atoms with E-state index in [4.69, 9.17) is 9.47 Å². The summed E-state index contributed by atoms with van der Waals surface area (Å²) in [5.41, 5.74) is 1.37. The van der Waals surface area contributed by atoms with Gasteiger partial charge in [0.1, 0.15) is 23.4 Å². The lowest BCUT2D eigenvalue weighted by Crippen LogP contribution is -2.55. The van der Waals surface area contributed by atoms with Crippen LogP contribution in [0.25, 0.3) is 0 Å². The van der Waals surface area contributed by atoms with Gasteiger partial charge in [-0.05, 0) is 76.9 Å². The van der Waals surface area contributed by atoms with Gasteiger partial charge in [0, 0.05) is 17.5 Å². The molecule has 3 amide bonds. The van der Waals surface area contributed by atoms with Gasteiger partial charge in [-0.1, -0.05) is 24.3 Å². The number of rotatable bonds is 9. The predicted octanol–water partition coefficient (Wildman–Crippen LogP) is 4.74. The van der Waals surface area contributed by atoms with Crippen molar-refractivity contribution in [3.8, 4) is 5.75 Å². The van der Waals surface area contributed by atoms with Crippen LogP contribution in [0.4, 0.5) is 10.5 Å². The van der Waals surface area contributed by atoms with Gasteiger partial charge in [0.15, 0.2) is 0 Å². The fraction of sp³-hybridized carbons (Fsp3) is 0.444. The van der Waals surface area contributed by atoms with E-state index in [9.17, 15) is 14.4 Å². The van der Waals surface area contributed by atoms with Crippen LogP contribution < -0.4 is 15.4 Å². The van der Waals surface area contributed by atoms with Crippen molar-refractivity contribution in [2.45, 2.75) is 65.3 Å². The van der Waals surface area contributed by atoms with E-state index in [-0.39, 0.29) is 17.7 Å². The van der Waals surface area contributed by atoms with E-state index in [1.807, 2.05) is 45.0 Å². The zero-order chi connectivity index (χ0) is 27.0. The normalized spacial score (nSPS) is 12.9. The molecule has 2 rings (SSSR count). The van der Waals surface area contributed by atoms with E-state index in [0.717, 1.165) is 5.56 Å². The molecular weight excluding hydrogens is 478 g/mol. The topological polar surface area (TPSA) is 97.0 Å². The maximum atomic E-state index is 13.8. The Labute approximate surface area is 219 Å². The zero-order valence-electron chi connectivity index (χ0n) is 22.0. The Morgan fingerprint density at radius 1 is 1.03 bits per heavy atom. The first-order chi connectivity index (χ1) is 16.9. The molecular formula is C27H37N3O5S. The summed E-state index contributed by atoms with van der Waals surface area (Å²) in [7, 11) is 1.57. The Kier molecular flexibility index (Phi) is 10.2. The molecule has 0 spiro atoms. The molecule has 2 N–H and O–H groups in total. The van der Waals surface area contributed by atoms with Crippen molar-refractivity contribution in [3.05, 3.63) is 59.7 Å². The number of aryl methyl sites for hydroxylation is 1. The van der Waals surface area contributed by atoms with Gasteiger partial charge in [0.05, 0.1) is 7.11 Å². The number of methoxy groups -OCH3 is 1. The van der Waals surface area contributed by atoms with E-state index < -0.39 is 29.7 Å². The standard InChI is InChI=1S/C27H37N3O5S/c1-17(2)30(25(32)22(16-36)29-26(33)35-27(4,5)6)23(21-11-9-8-10-18(21)3)24(31)28-19-12-14-20(34-7)15-13-19/h8-15,17,22-23,36H,16H2,1-7H3,(H,28,31)(H,29,33). The highest BCUT2D eigenvalue weighted by atomic mass is 32.1. The monoisotopic (exact) mass is 515 g/mol. The van der Waals surface area contributed by atoms with Crippen molar-refractivity contribution in [3.63, 3.8) is 0 Å². The van der Waals surface area contributed by atoms with Crippen molar-refractivity contribution < 1.29 is 23.9 Å². The summed E-state index contributed by atoms with van der Waals surface area (Å²) in [4.78, 5) is 41.4. The second-order valence-corrected chi connectivity index (χ2v) is 10.1. The first-order valence-corrected chi connectivity index (χ1v) is 12.4. The molecule has 196 valence electrons. The molecule has 2 atom stereocenters. The molecule has 0 aliphatic carbocycles.